The molecular formula is C14H16BrN3O. The molecule has 0 aliphatic rings. The van der Waals surface area contributed by atoms with Crippen LogP contribution in [0, 0.1) is 6.92 Å². The fourth-order valence-corrected chi connectivity index (χ4v) is 2.22. The van der Waals surface area contributed by atoms with Gasteiger partial charge in [0.2, 0.25) is 0 Å². The number of carbonyl (C=O) groups excluding carboxylic acids is 1. The Morgan fingerprint density at radius 1 is 1.37 bits per heavy atom. The zero-order valence-electron chi connectivity index (χ0n) is 11.1. The summed E-state index contributed by atoms with van der Waals surface area (Å²) >= 11 is 3.36. The third-order valence-corrected chi connectivity index (χ3v) is 3.17. The predicted molar refractivity (Wildman–Crippen MR) is 79.4 cm³/mol. The molecule has 0 radical (unpaired) electrons. The molecule has 1 N–H and O–H groups in total. The molecule has 19 heavy (non-hydrogen) atoms. The van der Waals surface area contributed by atoms with Crippen molar-refractivity contribution in [3.05, 3.63) is 46.1 Å². The number of halogens is 1. The van der Waals surface area contributed by atoms with Gasteiger partial charge in [-0.1, -0.05) is 22.0 Å². The van der Waals surface area contributed by atoms with E-state index in [0.29, 0.717) is 5.56 Å². The van der Waals surface area contributed by atoms with Gasteiger partial charge in [0.25, 0.3) is 5.91 Å². The van der Waals surface area contributed by atoms with Crippen LogP contribution in [0.3, 0.4) is 0 Å². The summed E-state index contributed by atoms with van der Waals surface area (Å²) < 4.78 is 2.69. The van der Waals surface area contributed by atoms with Crippen molar-refractivity contribution in [3.63, 3.8) is 0 Å². The van der Waals surface area contributed by atoms with Crippen molar-refractivity contribution in [1.29, 1.82) is 0 Å². The van der Waals surface area contributed by atoms with Gasteiger partial charge in [-0.2, -0.15) is 5.10 Å². The summed E-state index contributed by atoms with van der Waals surface area (Å²) in [7, 11) is 0. The van der Waals surface area contributed by atoms with Crippen LogP contribution in [0.2, 0.25) is 0 Å². The van der Waals surface area contributed by atoms with Gasteiger partial charge in [0.1, 0.15) is 5.82 Å². The van der Waals surface area contributed by atoms with E-state index in [0.717, 1.165) is 16.0 Å². The highest BCUT2D eigenvalue weighted by atomic mass is 79.9. The van der Waals surface area contributed by atoms with E-state index in [1.165, 1.54) is 0 Å². The Kier molecular flexibility index (Phi) is 4.04. The highest BCUT2D eigenvalue weighted by Gasteiger charge is 2.12. The first-order chi connectivity index (χ1) is 8.97. The van der Waals surface area contributed by atoms with Crippen molar-refractivity contribution >= 4 is 27.7 Å². The van der Waals surface area contributed by atoms with Crippen LogP contribution in [0.5, 0.6) is 0 Å². The summed E-state index contributed by atoms with van der Waals surface area (Å²) in [5.74, 6) is 0.584. The first-order valence-electron chi connectivity index (χ1n) is 6.10. The Hall–Kier alpha value is -1.62. The molecule has 2 rings (SSSR count). The van der Waals surface area contributed by atoms with Crippen LogP contribution < -0.4 is 5.32 Å². The largest absolute Gasteiger partial charge is 0.307 e. The second-order valence-electron chi connectivity index (χ2n) is 4.67. The minimum absolute atomic E-state index is 0.136. The van der Waals surface area contributed by atoms with E-state index < -0.39 is 0 Å². The molecule has 0 aliphatic heterocycles. The maximum atomic E-state index is 12.2. The number of nitrogens with one attached hydrogen (secondary N) is 1. The Bertz CT molecular complexity index is 604. The SMILES string of the molecule is Cc1cc(NC(=O)c2cccc(Br)c2)n(C(C)C)n1. The fourth-order valence-electron chi connectivity index (χ4n) is 1.82. The highest BCUT2D eigenvalue weighted by molar-refractivity contribution is 9.10. The summed E-state index contributed by atoms with van der Waals surface area (Å²) in [6, 6.07) is 9.37. The molecule has 0 aliphatic carbocycles. The van der Waals surface area contributed by atoms with Crippen LogP contribution in [0.4, 0.5) is 5.82 Å². The first kappa shape index (κ1) is 13.8. The zero-order valence-corrected chi connectivity index (χ0v) is 12.7. The number of benzene rings is 1. The number of nitrogens with zero attached hydrogens (tertiary/aromatic N) is 2. The third kappa shape index (κ3) is 3.23. The lowest BCUT2D eigenvalue weighted by molar-refractivity contribution is 0.102. The number of carbonyl (C=O) groups is 1. The lowest BCUT2D eigenvalue weighted by Crippen LogP contribution is -2.16. The molecule has 1 amide bonds. The predicted octanol–water partition coefficient (Wildman–Crippen LogP) is 3.79. The van der Waals surface area contributed by atoms with Gasteiger partial charge in [-0.15, -0.1) is 0 Å². The van der Waals surface area contributed by atoms with E-state index in [4.69, 9.17) is 0 Å². The van der Waals surface area contributed by atoms with Crippen molar-refractivity contribution in [2.45, 2.75) is 26.8 Å². The third-order valence-electron chi connectivity index (χ3n) is 2.68. The second kappa shape index (κ2) is 5.57. The molecule has 0 saturated carbocycles. The molecule has 0 unspecified atom stereocenters. The highest BCUT2D eigenvalue weighted by Crippen LogP contribution is 2.18. The van der Waals surface area contributed by atoms with Crippen LogP contribution in [0.25, 0.3) is 0 Å². The first-order valence-corrected chi connectivity index (χ1v) is 6.89. The summed E-state index contributed by atoms with van der Waals surface area (Å²) in [5.41, 5.74) is 1.50. The minimum atomic E-state index is -0.136. The number of anilines is 1. The van der Waals surface area contributed by atoms with Crippen LogP contribution >= 0.6 is 15.9 Å². The monoisotopic (exact) mass is 321 g/mol. The quantitative estimate of drug-likeness (QED) is 0.934. The van der Waals surface area contributed by atoms with E-state index in [1.807, 2.05) is 43.7 Å². The van der Waals surface area contributed by atoms with Crippen molar-refractivity contribution < 1.29 is 4.79 Å². The topological polar surface area (TPSA) is 46.9 Å². The lowest BCUT2D eigenvalue weighted by atomic mass is 10.2. The van der Waals surface area contributed by atoms with Gasteiger partial charge in [-0.25, -0.2) is 4.68 Å². The Balaban J connectivity index is 2.24. The minimum Gasteiger partial charge on any atom is -0.307 e. The fraction of sp³-hybridized carbons (Fsp3) is 0.286. The van der Waals surface area contributed by atoms with Crippen molar-refractivity contribution in [3.8, 4) is 0 Å². The van der Waals surface area contributed by atoms with Crippen LogP contribution in [0.1, 0.15) is 35.9 Å². The van der Waals surface area contributed by atoms with Gasteiger partial charge in [-0.05, 0) is 39.0 Å². The zero-order chi connectivity index (χ0) is 14.0. The molecule has 0 fully saturated rings. The van der Waals surface area contributed by atoms with Crippen molar-refractivity contribution in [1.82, 2.24) is 9.78 Å². The molecule has 4 nitrogen and oxygen atoms in total. The molecule has 0 atom stereocenters. The number of amides is 1. The van der Waals surface area contributed by atoms with E-state index in [-0.39, 0.29) is 11.9 Å². The Labute approximate surface area is 120 Å². The average molecular weight is 322 g/mol. The Morgan fingerprint density at radius 2 is 2.11 bits per heavy atom. The normalized spacial score (nSPS) is 10.8. The molecule has 0 spiro atoms. The van der Waals surface area contributed by atoms with E-state index in [1.54, 1.807) is 12.1 Å². The van der Waals surface area contributed by atoms with Crippen LogP contribution in [0.15, 0.2) is 34.8 Å². The smallest absolute Gasteiger partial charge is 0.256 e. The van der Waals surface area contributed by atoms with Gasteiger partial charge in [0.15, 0.2) is 0 Å². The van der Waals surface area contributed by atoms with Crippen molar-refractivity contribution in [2.75, 3.05) is 5.32 Å². The summed E-state index contributed by atoms with van der Waals surface area (Å²) in [6.07, 6.45) is 0. The lowest BCUT2D eigenvalue weighted by Gasteiger charge is -2.11. The number of hydrogen-bond acceptors (Lipinski definition) is 2. The van der Waals surface area contributed by atoms with E-state index in [2.05, 4.69) is 26.3 Å². The van der Waals surface area contributed by atoms with Crippen LogP contribution in [-0.4, -0.2) is 15.7 Å². The number of rotatable bonds is 3. The average Bonchev–Trinajstić information content (AvgIpc) is 2.70. The molecule has 100 valence electrons. The summed E-state index contributed by atoms with van der Waals surface area (Å²) in [6.45, 7) is 5.97. The molecule has 0 bridgehead atoms. The molecule has 1 aromatic carbocycles. The van der Waals surface area contributed by atoms with Gasteiger partial charge in [-0.3, -0.25) is 4.79 Å². The maximum Gasteiger partial charge on any atom is 0.256 e. The maximum absolute atomic E-state index is 12.2. The molecule has 2 aromatic rings. The number of aryl methyl sites for hydroxylation is 1. The van der Waals surface area contributed by atoms with E-state index >= 15 is 0 Å². The Morgan fingerprint density at radius 3 is 2.74 bits per heavy atom. The van der Waals surface area contributed by atoms with Crippen LogP contribution in [-0.2, 0) is 0 Å². The molecule has 1 heterocycles. The van der Waals surface area contributed by atoms with Crippen molar-refractivity contribution in [2.24, 2.45) is 0 Å². The molecule has 1 aromatic heterocycles. The molecule has 0 saturated heterocycles. The van der Waals surface area contributed by atoms with Gasteiger partial charge in [0.05, 0.1) is 5.69 Å². The summed E-state index contributed by atoms with van der Waals surface area (Å²) in [4.78, 5) is 12.2. The second-order valence-corrected chi connectivity index (χ2v) is 5.59. The van der Waals surface area contributed by atoms with Gasteiger partial charge < -0.3 is 5.32 Å². The molecule has 5 heteroatoms. The van der Waals surface area contributed by atoms with Gasteiger partial charge >= 0.3 is 0 Å². The summed E-state index contributed by atoms with van der Waals surface area (Å²) in [5, 5.41) is 7.26. The van der Waals surface area contributed by atoms with Gasteiger partial charge in [0, 0.05) is 22.1 Å². The number of hydrogen-bond donors (Lipinski definition) is 1. The number of aromatic nitrogens is 2. The molecular weight excluding hydrogens is 306 g/mol. The van der Waals surface area contributed by atoms with E-state index in [9.17, 15) is 4.79 Å². The standard InChI is InChI=1S/C14H16BrN3O/c1-9(2)18-13(7-10(3)17-18)16-14(19)11-5-4-6-12(15)8-11/h4-9H,1-3H3,(H,16,19).